The molecule has 0 N–H and O–H groups in total. The van der Waals surface area contributed by atoms with Crippen LogP contribution in [0.25, 0.3) is 0 Å². The number of unbranched alkanes of at least 4 members (excludes halogenated alkanes) is 3. The summed E-state index contributed by atoms with van der Waals surface area (Å²) in [5.41, 5.74) is 1.21. The molecule has 2 aromatic rings. The van der Waals surface area contributed by atoms with Gasteiger partial charge in [-0.05, 0) is 62.2 Å². The van der Waals surface area contributed by atoms with Gasteiger partial charge in [0, 0.05) is 0 Å². The van der Waals surface area contributed by atoms with Crippen molar-refractivity contribution in [1.29, 1.82) is 0 Å². The molecule has 2 aromatic carbocycles. The number of nitrogens with zero attached hydrogens (tertiary/aromatic N) is 1. The maximum atomic E-state index is 12.9. The fourth-order valence-corrected chi connectivity index (χ4v) is 3.50. The zero-order chi connectivity index (χ0) is 21.7. The lowest BCUT2D eigenvalue weighted by Crippen LogP contribution is -2.29. The molecule has 30 heavy (non-hydrogen) atoms. The summed E-state index contributed by atoms with van der Waals surface area (Å²) in [5, 5.41) is 0. The number of methoxy groups -OCH3 is 1. The Hall–Kier alpha value is -3.15. The minimum atomic E-state index is -0.482. The highest BCUT2D eigenvalue weighted by molar-refractivity contribution is 6.34. The molecule has 0 fully saturated rings. The molecule has 0 saturated carbocycles. The lowest BCUT2D eigenvalue weighted by atomic mass is 10.1. The number of rotatable bonds is 9. The Balaban J connectivity index is 1.72. The van der Waals surface area contributed by atoms with Gasteiger partial charge in [-0.3, -0.25) is 9.59 Å². The van der Waals surface area contributed by atoms with Crippen molar-refractivity contribution in [2.45, 2.75) is 52.1 Å². The van der Waals surface area contributed by atoms with Crippen LogP contribution >= 0.6 is 0 Å². The van der Waals surface area contributed by atoms with Gasteiger partial charge in [0.2, 0.25) is 0 Å². The van der Waals surface area contributed by atoms with E-state index in [0.29, 0.717) is 11.4 Å². The van der Waals surface area contributed by atoms with Crippen LogP contribution in [-0.4, -0.2) is 31.0 Å². The standard InChI is InChI=1S/C24H27NO5/c1-4-5-6-7-8-16(2)30-24(28)17-9-14-20-21(15-17)23(27)25(22(20)26)18-10-12-19(29-3)13-11-18/h9-16H,4-8H2,1-3H3/t16-/m1/s1. The fraction of sp³-hybridized carbons (Fsp3) is 0.375. The Morgan fingerprint density at radius 3 is 2.33 bits per heavy atom. The number of imide groups is 1. The lowest BCUT2D eigenvalue weighted by molar-refractivity contribution is 0.0319. The number of carbonyl (C=O) groups is 3. The highest BCUT2D eigenvalue weighted by atomic mass is 16.5. The Labute approximate surface area is 176 Å². The van der Waals surface area contributed by atoms with Crippen molar-refractivity contribution in [1.82, 2.24) is 0 Å². The molecule has 1 aliphatic heterocycles. The minimum absolute atomic E-state index is 0.198. The number of amides is 2. The van der Waals surface area contributed by atoms with Crippen LogP contribution < -0.4 is 9.64 Å². The van der Waals surface area contributed by atoms with Gasteiger partial charge in [0.05, 0.1) is 35.6 Å². The van der Waals surface area contributed by atoms with Crippen molar-refractivity contribution < 1.29 is 23.9 Å². The van der Waals surface area contributed by atoms with Crippen LogP contribution in [0, 0.1) is 0 Å². The van der Waals surface area contributed by atoms with Crippen molar-refractivity contribution in [3.63, 3.8) is 0 Å². The first kappa shape index (κ1) is 21.6. The van der Waals surface area contributed by atoms with Crippen molar-refractivity contribution in [3.05, 3.63) is 59.2 Å². The zero-order valence-corrected chi connectivity index (χ0v) is 17.6. The smallest absolute Gasteiger partial charge is 0.338 e. The van der Waals surface area contributed by atoms with Crippen LogP contribution in [0.4, 0.5) is 5.69 Å². The molecule has 0 radical (unpaired) electrons. The highest BCUT2D eigenvalue weighted by Crippen LogP contribution is 2.30. The molecule has 2 amide bonds. The minimum Gasteiger partial charge on any atom is -0.497 e. The van der Waals surface area contributed by atoms with Gasteiger partial charge in [-0.25, -0.2) is 9.69 Å². The quantitative estimate of drug-likeness (QED) is 0.331. The van der Waals surface area contributed by atoms with Gasteiger partial charge in [0.15, 0.2) is 0 Å². The van der Waals surface area contributed by atoms with Gasteiger partial charge in [-0.1, -0.05) is 26.2 Å². The maximum absolute atomic E-state index is 12.9. The molecule has 3 rings (SSSR count). The predicted octanol–water partition coefficient (Wildman–Crippen LogP) is 5.01. The normalized spacial score (nSPS) is 13.9. The summed E-state index contributed by atoms with van der Waals surface area (Å²) >= 11 is 0. The molecule has 1 aliphatic rings. The number of fused-ring (bicyclic) bond motifs is 1. The van der Waals surface area contributed by atoms with E-state index < -0.39 is 17.8 Å². The van der Waals surface area contributed by atoms with Crippen LogP contribution in [-0.2, 0) is 4.74 Å². The molecule has 6 heteroatoms. The Bertz CT molecular complexity index is 935. The molecule has 1 heterocycles. The zero-order valence-electron chi connectivity index (χ0n) is 17.6. The van der Waals surface area contributed by atoms with E-state index in [9.17, 15) is 14.4 Å². The summed E-state index contributed by atoms with van der Waals surface area (Å²) in [4.78, 5) is 39.2. The SMILES string of the molecule is CCCCCC[C@@H](C)OC(=O)c1ccc2c(c1)C(=O)N(c1ccc(OC)cc1)C2=O. The number of esters is 1. The van der Waals surface area contributed by atoms with E-state index in [2.05, 4.69) is 6.92 Å². The summed E-state index contributed by atoms with van der Waals surface area (Å²) in [7, 11) is 1.55. The summed E-state index contributed by atoms with van der Waals surface area (Å²) in [6, 6.07) is 11.2. The number of anilines is 1. The van der Waals surface area contributed by atoms with E-state index in [1.54, 1.807) is 31.4 Å². The van der Waals surface area contributed by atoms with E-state index in [0.717, 1.165) is 30.6 Å². The van der Waals surface area contributed by atoms with Crippen molar-refractivity contribution >= 4 is 23.5 Å². The van der Waals surface area contributed by atoms with E-state index in [1.165, 1.54) is 24.6 Å². The summed E-state index contributed by atoms with van der Waals surface area (Å²) in [6.07, 6.45) is 5.07. The van der Waals surface area contributed by atoms with Gasteiger partial charge < -0.3 is 9.47 Å². The molecule has 0 aromatic heterocycles. The fourth-order valence-electron chi connectivity index (χ4n) is 3.50. The first-order valence-corrected chi connectivity index (χ1v) is 10.3. The van der Waals surface area contributed by atoms with E-state index in [-0.39, 0.29) is 22.8 Å². The molecular weight excluding hydrogens is 382 g/mol. The van der Waals surface area contributed by atoms with E-state index in [4.69, 9.17) is 9.47 Å². The average Bonchev–Trinajstić information content (AvgIpc) is 3.01. The van der Waals surface area contributed by atoms with Gasteiger partial charge in [0.1, 0.15) is 5.75 Å². The molecule has 158 valence electrons. The Morgan fingerprint density at radius 1 is 0.967 bits per heavy atom. The molecular formula is C24H27NO5. The third kappa shape index (κ3) is 4.53. The second kappa shape index (κ2) is 9.57. The monoisotopic (exact) mass is 409 g/mol. The largest absolute Gasteiger partial charge is 0.497 e. The number of hydrogen-bond acceptors (Lipinski definition) is 5. The van der Waals surface area contributed by atoms with E-state index >= 15 is 0 Å². The van der Waals surface area contributed by atoms with Crippen LogP contribution in [0.1, 0.15) is 77.0 Å². The van der Waals surface area contributed by atoms with Crippen LogP contribution in [0.15, 0.2) is 42.5 Å². The van der Waals surface area contributed by atoms with Gasteiger partial charge in [-0.2, -0.15) is 0 Å². The summed E-state index contributed by atoms with van der Waals surface area (Å²) in [6.45, 7) is 4.02. The van der Waals surface area contributed by atoms with E-state index in [1.807, 2.05) is 6.92 Å². The van der Waals surface area contributed by atoms with Gasteiger partial charge >= 0.3 is 5.97 Å². The molecule has 1 atom stereocenters. The Morgan fingerprint density at radius 2 is 1.67 bits per heavy atom. The lowest BCUT2D eigenvalue weighted by Gasteiger charge is -2.14. The molecule has 0 aliphatic carbocycles. The average molecular weight is 409 g/mol. The van der Waals surface area contributed by atoms with Crippen molar-refractivity contribution in [2.75, 3.05) is 12.0 Å². The second-order valence-corrected chi connectivity index (χ2v) is 7.47. The number of hydrogen-bond donors (Lipinski definition) is 0. The number of ether oxygens (including phenoxy) is 2. The van der Waals surface area contributed by atoms with Gasteiger partial charge in [-0.15, -0.1) is 0 Å². The first-order valence-electron chi connectivity index (χ1n) is 10.3. The van der Waals surface area contributed by atoms with Crippen molar-refractivity contribution in [2.24, 2.45) is 0 Å². The Kier molecular flexibility index (Phi) is 6.87. The first-order chi connectivity index (χ1) is 14.5. The third-order valence-corrected chi connectivity index (χ3v) is 5.23. The van der Waals surface area contributed by atoms with Crippen LogP contribution in [0.5, 0.6) is 5.75 Å². The van der Waals surface area contributed by atoms with Gasteiger partial charge in [0.25, 0.3) is 11.8 Å². The summed E-state index contributed by atoms with van der Waals surface area (Å²) < 4.78 is 10.6. The molecule has 0 spiro atoms. The van der Waals surface area contributed by atoms with Crippen LogP contribution in [0.3, 0.4) is 0 Å². The predicted molar refractivity (Wildman–Crippen MR) is 114 cm³/mol. The molecule has 0 saturated heterocycles. The third-order valence-electron chi connectivity index (χ3n) is 5.23. The molecule has 0 bridgehead atoms. The summed E-state index contributed by atoms with van der Waals surface area (Å²) in [5.74, 6) is -0.722. The highest BCUT2D eigenvalue weighted by Gasteiger charge is 2.37. The van der Waals surface area contributed by atoms with Crippen molar-refractivity contribution in [3.8, 4) is 5.75 Å². The number of carbonyl (C=O) groups excluding carboxylic acids is 3. The molecule has 6 nitrogen and oxygen atoms in total. The number of benzene rings is 2. The van der Waals surface area contributed by atoms with Crippen LogP contribution in [0.2, 0.25) is 0 Å². The maximum Gasteiger partial charge on any atom is 0.338 e. The molecule has 0 unspecified atom stereocenters. The topological polar surface area (TPSA) is 72.9 Å². The second-order valence-electron chi connectivity index (χ2n) is 7.47.